The van der Waals surface area contributed by atoms with E-state index in [-0.39, 0.29) is 18.8 Å². The fourth-order valence-corrected chi connectivity index (χ4v) is 5.48. The van der Waals surface area contributed by atoms with Crippen LogP contribution in [0, 0.1) is 23.5 Å². The predicted molar refractivity (Wildman–Crippen MR) is 149 cm³/mol. The highest BCUT2D eigenvalue weighted by Gasteiger charge is 2.55. The summed E-state index contributed by atoms with van der Waals surface area (Å²) in [7, 11) is 0. The van der Waals surface area contributed by atoms with Crippen molar-refractivity contribution < 1.29 is 27.8 Å². The number of halogens is 3. The van der Waals surface area contributed by atoms with Crippen molar-refractivity contribution in [2.24, 2.45) is 11.8 Å². The molecule has 212 valence electrons. The van der Waals surface area contributed by atoms with Gasteiger partial charge in [0, 0.05) is 49.7 Å². The van der Waals surface area contributed by atoms with Gasteiger partial charge in [-0.25, -0.2) is 13.6 Å². The monoisotopic (exact) mass is 570 g/mol. The molecule has 1 aliphatic carbocycles. The third-order valence-electron chi connectivity index (χ3n) is 7.40. The maximum Gasteiger partial charge on any atom is 0.347 e. The predicted octanol–water partition coefficient (Wildman–Crippen LogP) is 5.27. The number of likely N-dealkylation sites (tertiary alicyclic amines) is 1. The van der Waals surface area contributed by atoms with Crippen LogP contribution in [0.5, 0.6) is 11.5 Å². The van der Waals surface area contributed by atoms with E-state index in [9.17, 15) is 13.6 Å². The Hall–Kier alpha value is -3.20. The van der Waals surface area contributed by atoms with Gasteiger partial charge in [0.1, 0.15) is 18.2 Å². The maximum atomic E-state index is 14.1. The lowest BCUT2D eigenvalue weighted by molar-refractivity contribution is -0.151. The van der Waals surface area contributed by atoms with Gasteiger partial charge in [-0.1, -0.05) is 35.9 Å². The van der Waals surface area contributed by atoms with Crippen LogP contribution in [0.4, 0.5) is 8.78 Å². The summed E-state index contributed by atoms with van der Waals surface area (Å²) in [6.07, 6.45) is -0.983. The summed E-state index contributed by atoms with van der Waals surface area (Å²) in [6.45, 7) is 6.29. The Morgan fingerprint density at radius 3 is 2.42 bits per heavy atom. The summed E-state index contributed by atoms with van der Waals surface area (Å²) in [5, 5.41) is 4.39. The van der Waals surface area contributed by atoms with Crippen molar-refractivity contribution in [3.05, 3.63) is 94.5 Å². The van der Waals surface area contributed by atoms with Gasteiger partial charge in [0.15, 0.2) is 17.7 Å². The van der Waals surface area contributed by atoms with E-state index in [1.54, 1.807) is 6.92 Å². The second kappa shape index (κ2) is 13.0. The zero-order valence-electron chi connectivity index (χ0n) is 22.3. The number of piperidine rings is 1. The first-order chi connectivity index (χ1) is 19.4. The summed E-state index contributed by atoms with van der Waals surface area (Å²) in [4.78, 5) is 14.9. The van der Waals surface area contributed by atoms with Gasteiger partial charge in [-0.2, -0.15) is 0 Å². The Morgan fingerprint density at radius 2 is 1.73 bits per heavy atom. The molecule has 9 heteroatoms. The molecule has 0 spiro atoms. The van der Waals surface area contributed by atoms with Gasteiger partial charge in [-0.15, -0.1) is 0 Å². The van der Waals surface area contributed by atoms with Crippen LogP contribution in [0.15, 0.2) is 66.7 Å². The highest BCUT2D eigenvalue weighted by molar-refractivity contribution is 6.30. The highest BCUT2D eigenvalue weighted by Crippen LogP contribution is 2.45. The van der Waals surface area contributed by atoms with Crippen molar-refractivity contribution in [3.8, 4) is 11.5 Å². The first-order valence-corrected chi connectivity index (χ1v) is 14.0. The number of hydrogen-bond acceptors (Lipinski definition) is 6. The van der Waals surface area contributed by atoms with E-state index in [1.165, 1.54) is 5.56 Å². The molecular formula is C31H33ClF2N2O4. The molecule has 0 radical (unpaired) electrons. The van der Waals surface area contributed by atoms with E-state index in [4.69, 9.17) is 25.8 Å². The number of hydrogen-bond donors (Lipinski definition) is 1. The third-order valence-corrected chi connectivity index (χ3v) is 7.65. The number of esters is 1. The Morgan fingerprint density at radius 1 is 1.02 bits per heavy atom. The topological polar surface area (TPSA) is 60.0 Å². The fourth-order valence-electron chi connectivity index (χ4n) is 5.35. The van der Waals surface area contributed by atoms with Crippen molar-refractivity contribution in [1.82, 2.24) is 10.2 Å². The number of rotatable bonds is 13. The lowest BCUT2D eigenvalue weighted by Crippen LogP contribution is -2.33. The number of fused-ring (bicyclic) bond motifs is 1. The van der Waals surface area contributed by atoms with Crippen LogP contribution in [-0.4, -0.2) is 55.9 Å². The Labute approximate surface area is 238 Å². The minimum absolute atomic E-state index is 0.135. The average Bonchev–Trinajstić information content (AvgIpc) is 3.39. The van der Waals surface area contributed by atoms with Crippen LogP contribution in [0.25, 0.3) is 0 Å². The summed E-state index contributed by atoms with van der Waals surface area (Å²) in [5.74, 6) is -0.284. The minimum Gasteiger partial charge on any atom is -0.492 e. The van der Waals surface area contributed by atoms with Crippen molar-refractivity contribution in [1.29, 1.82) is 0 Å². The molecule has 6 nitrogen and oxygen atoms in total. The molecule has 1 unspecified atom stereocenters. The van der Waals surface area contributed by atoms with E-state index in [0.29, 0.717) is 30.2 Å². The highest BCUT2D eigenvalue weighted by atomic mass is 35.5. The van der Waals surface area contributed by atoms with Crippen molar-refractivity contribution in [2.75, 3.05) is 32.8 Å². The zero-order valence-corrected chi connectivity index (χ0v) is 23.1. The van der Waals surface area contributed by atoms with Crippen LogP contribution in [0.1, 0.15) is 18.1 Å². The molecule has 0 aromatic heterocycles. The second-order valence-corrected chi connectivity index (χ2v) is 10.7. The summed E-state index contributed by atoms with van der Waals surface area (Å²) in [6, 6.07) is 18.8. The molecule has 3 aromatic carbocycles. The van der Waals surface area contributed by atoms with E-state index < -0.39 is 23.7 Å². The third kappa shape index (κ3) is 7.30. The molecule has 1 heterocycles. The smallest absolute Gasteiger partial charge is 0.347 e. The molecule has 0 bridgehead atoms. The van der Waals surface area contributed by atoms with Gasteiger partial charge in [-0.05, 0) is 66.3 Å². The maximum absolute atomic E-state index is 14.1. The lowest BCUT2D eigenvalue weighted by atomic mass is 10.1. The SMILES string of the molecule is CCOC(=O)[C@H](Cc1ccc(OCCNC2[C@H]3CN(Cc4ccc(Cl)cc4)C[C@@H]23)cc1)Oc1cc(F)ccc1F. The van der Waals surface area contributed by atoms with E-state index in [1.807, 2.05) is 36.4 Å². The summed E-state index contributed by atoms with van der Waals surface area (Å²) in [5.41, 5.74) is 2.06. The number of carbonyl (C=O) groups excluding carboxylic acids is 1. The molecule has 4 atom stereocenters. The van der Waals surface area contributed by atoms with Gasteiger partial charge in [0.05, 0.1) is 6.61 Å². The standard InChI is InChI=1S/C31H33ClF2N2O4/c1-2-38-31(37)29(40-28-16-23(33)9-12-27(28)34)15-20-5-10-24(11-6-20)39-14-13-35-30-25-18-36(19-26(25)30)17-21-3-7-22(32)8-4-21/h3-12,16,25-26,29-30,35H,2,13-15,17-19H2,1H3/t25-,26+,29-,30?/m0/s1. The Kier molecular flexibility index (Phi) is 9.19. The van der Waals surface area contributed by atoms with Gasteiger partial charge in [0.25, 0.3) is 0 Å². The molecule has 2 aliphatic rings. The number of carbonyl (C=O) groups is 1. The average molecular weight is 571 g/mol. The fraction of sp³-hybridized carbons (Fsp3) is 0.387. The number of nitrogens with zero attached hydrogens (tertiary/aromatic N) is 1. The van der Waals surface area contributed by atoms with E-state index in [2.05, 4.69) is 22.3 Å². The van der Waals surface area contributed by atoms with Gasteiger partial charge in [-0.3, -0.25) is 4.90 Å². The lowest BCUT2D eigenvalue weighted by Gasteiger charge is -2.20. The van der Waals surface area contributed by atoms with Crippen molar-refractivity contribution >= 4 is 17.6 Å². The van der Waals surface area contributed by atoms with Crippen LogP contribution < -0.4 is 14.8 Å². The first-order valence-electron chi connectivity index (χ1n) is 13.6. The molecule has 5 rings (SSSR count). The van der Waals surface area contributed by atoms with Gasteiger partial charge >= 0.3 is 5.97 Å². The molecular weight excluding hydrogens is 538 g/mol. The number of nitrogens with one attached hydrogen (secondary N) is 1. The molecule has 3 aromatic rings. The first kappa shape index (κ1) is 28.3. The van der Waals surface area contributed by atoms with Crippen LogP contribution in [-0.2, 0) is 22.5 Å². The number of ether oxygens (including phenoxy) is 3. The van der Waals surface area contributed by atoms with Gasteiger partial charge in [0.2, 0.25) is 0 Å². The molecule has 1 saturated heterocycles. The minimum atomic E-state index is -1.12. The molecule has 1 N–H and O–H groups in total. The number of benzene rings is 3. The Balaban J connectivity index is 1.04. The van der Waals surface area contributed by atoms with Crippen molar-refractivity contribution in [2.45, 2.75) is 32.0 Å². The molecule has 1 saturated carbocycles. The Bertz CT molecular complexity index is 1280. The van der Waals surface area contributed by atoms with Crippen LogP contribution >= 0.6 is 11.6 Å². The largest absolute Gasteiger partial charge is 0.492 e. The molecule has 0 amide bonds. The van der Waals surface area contributed by atoms with Crippen LogP contribution in [0.3, 0.4) is 0 Å². The summed E-state index contributed by atoms with van der Waals surface area (Å²) < 4.78 is 44.1. The summed E-state index contributed by atoms with van der Waals surface area (Å²) >= 11 is 5.98. The quantitative estimate of drug-likeness (QED) is 0.223. The normalized spacial score (nSPS) is 20.6. The van der Waals surface area contributed by atoms with E-state index >= 15 is 0 Å². The van der Waals surface area contributed by atoms with Crippen LogP contribution in [0.2, 0.25) is 5.02 Å². The van der Waals surface area contributed by atoms with Crippen molar-refractivity contribution in [3.63, 3.8) is 0 Å². The molecule has 1 aliphatic heterocycles. The molecule has 40 heavy (non-hydrogen) atoms. The molecule has 2 fully saturated rings. The van der Waals surface area contributed by atoms with Gasteiger partial charge < -0.3 is 19.5 Å². The van der Waals surface area contributed by atoms with E-state index in [0.717, 1.165) is 55.0 Å². The zero-order chi connectivity index (χ0) is 28.1. The second-order valence-electron chi connectivity index (χ2n) is 10.3.